The van der Waals surface area contributed by atoms with E-state index in [4.69, 9.17) is 0 Å². The van der Waals surface area contributed by atoms with Crippen LogP contribution in [0.15, 0.2) is 42.6 Å². The molecule has 3 heterocycles. The average molecular weight is 363 g/mol. The van der Waals surface area contributed by atoms with Crippen LogP contribution in [0, 0.1) is 0 Å². The minimum atomic E-state index is 0.0431. The Morgan fingerprint density at radius 1 is 1.19 bits per heavy atom. The third-order valence-electron chi connectivity index (χ3n) is 5.20. The number of amides is 1. The SMILES string of the molecule is Cn1c(CNC(=O)CCc2ccnc(N3CCCC3)c2)nc2ccccc21. The standard InChI is InChI=1S/C21H25N5O/c1-25-18-7-3-2-6-17(18)24-20(25)15-23-21(27)9-8-16-10-11-22-19(14-16)26-12-4-5-13-26/h2-3,6-7,10-11,14H,4-5,8-9,12-13,15H2,1H3,(H,23,27). The molecule has 0 unspecified atom stereocenters. The second kappa shape index (κ2) is 7.78. The van der Waals surface area contributed by atoms with Gasteiger partial charge in [0, 0.05) is 32.8 Å². The number of fused-ring (bicyclic) bond motifs is 1. The van der Waals surface area contributed by atoms with E-state index in [0.29, 0.717) is 13.0 Å². The van der Waals surface area contributed by atoms with E-state index in [9.17, 15) is 4.79 Å². The topological polar surface area (TPSA) is 63.1 Å². The van der Waals surface area contributed by atoms with Crippen LogP contribution in [-0.4, -0.2) is 33.5 Å². The van der Waals surface area contributed by atoms with E-state index in [1.807, 2.05) is 48.1 Å². The number of imidazole rings is 1. The van der Waals surface area contributed by atoms with Gasteiger partial charge in [-0.1, -0.05) is 12.1 Å². The van der Waals surface area contributed by atoms with Crippen LogP contribution in [0.4, 0.5) is 5.82 Å². The molecule has 3 aromatic rings. The van der Waals surface area contributed by atoms with Gasteiger partial charge in [-0.05, 0) is 49.1 Å². The first-order chi connectivity index (χ1) is 13.2. The van der Waals surface area contributed by atoms with E-state index in [-0.39, 0.29) is 5.91 Å². The summed E-state index contributed by atoms with van der Waals surface area (Å²) < 4.78 is 2.03. The number of pyridine rings is 1. The second-order valence-electron chi connectivity index (χ2n) is 7.07. The summed E-state index contributed by atoms with van der Waals surface area (Å²) in [7, 11) is 1.98. The van der Waals surface area contributed by atoms with Gasteiger partial charge in [0.05, 0.1) is 17.6 Å². The Bertz CT molecular complexity index is 943. The van der Waals surface area contributed by atoms with Crippen molar-refractivity contribution in [3.63, 3.8) is 0 Å². The minimum Gasteiger partial charge on any atom is -0.357 e. The molecule has 140 valence electrons. The molecule has 1 aliphatic rings. The van der Waals surface area contributed by atoms with Gasteiger partial charge in [-0.25, -0.2) is 9.97 Å². The van der Waals surface area contributed by atoms with Gasteiger partial charge in [-0.15, -0.1) is 0 Å². The molecule has 6 heteroatoms. The highest BCUT2D eigenvalue weighted by Gasteiger charge is 2.14. The molecule has 2 aromatic heterocycles. The summed E-state index contributed by atoms with van der Waals surface area (Å²) in [6.07, 6.45) is 5.50. The summed E-state index contributed by atoms with van der Waals surface area (Å²) >= 11 is 0. The van der Waals surface area contributed by atoms with Crippen molar-refractivity contribution in [2.45, 2.75) is 32.2 Å². The summed E-state index contributed by atoms with van der Waals surface area (Å²) in [4.78, 5) is 23.7. The van der Waals surface area contributed by atoms with Crippen LogP contribution in [-0.2, 0) is 24.8 Å². The zero-order valence-corrected chi connectivity index (χ0v) is 15.7. The number of hydrogen-bond donors (Lipinski definition) is 1. The maximum absolute atomic E-state index is 12.3. The maximum Gasteiger partial charge on any atom is 0.220 e. The number of anilines is 1. The van der Waals surface area contributed by atoms with E-state index < -0.39 is 0 Å². The monoisotopic (exact) mass is 363 g/mol. The van der Waals surface area contributed by atoms with Gasteiger partial charge in [0.2, 0.25) is 5.91 Å². The van der Waals surface area contributed by atoms with Crippen LogP contribution in [0.2, 0.25) is 0 Å². The molecule has 6 nitrogen and oxygen atoms in total. The van der Waals surface area contributed by atoms with Crippen molar-refractivity contribution < 1.29 is 4.79 Å². The van der Waals surface area contributed by atoms with Crippen molar-refractivity contribution in [3.8, 4) is 0 Å². The lowest BCUT2D eigenvalue weighted by molar-refractivity contribution is -0.121. The predicted molar refractivity (Wildman–Crippen MR) is 107 cm³/mol. The Morgan fingerprint density at radius 3 is 2.81 bits per heavy atom. The van der Waals surface area contributed by atoms with Gasteiger partial charge in [0.15, 0.2) is 0 Å². The largest absolute Gasteiger partial charge is 0.357 e. The first-order valence-electron chi connectivity index (χ1n) is 9.57. The minimum absolute atomic E-state index is 0.0431. The zero-order valence-electron chi connectivity index (χ0n) is 15.7. The number of para-hydroxylation sites is 2. The number of carbonyl (C=O) groups is 1. The van der Waals surface area contributed by atoms with Gasteiger partial charge in [0.25, 0.3) is 0 Å². The smallest absolute Gasteiger partial charge is 0.220 e. The van der Waals surface area contributed by atoms with Crippen molar-refractivity contribution in [1.82, 2.24) is 19.9 Å². The quantitative estimate of drug-likeness (QED) is 0.731. The number of nitrogens with zero attached hydrogens (tertiary/aromatic N) is 4. The molecule has 0 atom stereocenters. The molecule has 0 saturated carbocycles. The lowest BCUT2D eigenvalue weighted by Crippen LogP contribution is -2.24. The van der Waals surface area contributed by atoms with Crippen molar-refractivity contribution in [1.29, 1.82) is 0 Å². The van der Waals surface area contributed by atoms with Gasteiger partial charge < -0.3 is 14.8 Å². The highest BCUT2D eigenvalue weighted by Crippen LogP contribution is 2.19. The van der Waals surface area contributed by atoms with Gasteiger partial charge in [-0.2, -0.15) is 0 Å². The number of rotatable bonds is 6. The first kappa shape index (κ1) is 17.5. The summed E-state index contributed by atoms with van der Waals surface area (Å²) in [6, 6.07) is 12.1. The second-order valence-corrected chi connectivity index (χ2v) is 7.07. The summed E-state index contributed by atoms with van der Waals surface area (Å²) in [6.45, 7) is 2.60. The molecule has 0 radical (unpaired) electrons. The molecule has 4 rings (SSSR count). The molecular formula is C21H25N5O. The summed E-state index contributed by atoms with van der Waals surface area (Å²) in [5, 5.41) is 2.99. The van der Waals surface area contributed by atoms with E-state index in [0.717, 1.165) is 47.7 Å². The zero-order chi connectivity index (χ0) is 18.6. The van der Waals surface area contributed by atoms with E-state index in [2.05, 4.69) is 26.3 Å². The highest BCUT2D eigenvalue weighted by molar-refractivity contribution is 5.77. The fourth-order valence-corrected chi connectivity index (χ4v) is 3.61. The Morgan fingerprint density at radius 2 is 2.00 bits per heavy atom. The lowest BCUT2D eigenvalue weighted by atomic mass is 10.1. The molecule has 0 spiro atoms. The number of hydrogen-bond acceptors (Lipinski definition) is 4. The molecule has 1 fully saturated rings. The van der Waals surface area contributed by atoms with Crippen molar-refractivity contribution in [2.24, 2.45) is 7.05 Å². The molecule has 1 aromatic carbocycles. The average Bonchev–Trinajstić information content (AvgIpc) is 3.34. The molecule has 0 bridgehead atoms. The molecule has 1 N–H and O–H groups in total. The molecule has 0 aliphatic carbocycles. The van der Waals surface area contributed by atoms with Crippen molar-refractivity contribution in [3.05, 3.63) is 54.0 Å². The molecule has 1 aliphatic heterocycles. The first-order valence-corrected chi connectivity index (χ1v) is 9.57. The Kier molecular flexibility index (Phi) is 5.05. The van der Waals surface area contributed by atoms with Crippen LogP contribution >= 0.6 is 0 Å². The van der Waals surface area contributed by atoms with Gasteiger partial charge in [-0.3, -0.25) is 4.79 Å². The summed E-state index contributed by atoms with van der Waals surface area (Å²) in [5.74, 6) is 1.94. The number of nitrogens with one attached hydrogen (secondary N) is 1. The highest BCUT2D eigenvalue weighted by atomic mass is 16.1. The summed E-state index contributed by atoms with van der Waals surface area (Å²) in [5.41, 5.74) is 3.19. The fourth-order valence-electron chi connectivity index (χ4n) is 3.61. The number of benzene rings is 1. The van der Waals surface area contributed by atoms with Crippen LogP contribution < -0.4 is 10.2 Å². The predicted octanol–water partition coefficient (Wildman–Crippen LogP) is 2.82. The number of carbonyl (C=O) groups excluding carboxylic acids is 1. The van der Waals surface area contributed by atoms with Crippen LogP contribution in [0.3, 0.4) is 0 Å². The third kappa shape index (κ3) is 3.94. The fraction of sp³-hybridized carbons (Fsp3) is 0.381. The van der Waals surface area contributed by atoms with Crippen LogP contribution in [0.1, 0.15) is 30.7 Å². The Labute approximate surface area is 159 Å². The number of aromatic nitrogens is 3. The van der Waals surface area contributed by atoms with Gasteiger partial charge >= 0.3 is 0 Å². The van der Waals surface area contributed by atoms with Crippen molar-refractivity contribution in [2.75, 3.05) is 18.0 Å². The van der Waals surface area contributed by atoms with Crippen LogP contribution in [0.25, 0.3) is 11.0 Å². The van der Waals surface area contributed by atoms with E-state index in [1.54, 1.807) is 0 Å². The Hall–Kier alpha value is -2.89. The lowest BCUT2D eigenvalue weighted by Gasteiger charge is -2.16. The van der Waals surface area contributed by atoms with E-state index >= 15 is 0 Å². The third-order valence-corrected chi connectivity index (χ3v) is 5.20. The molecule has 1 saturated heterocycles. The number of aryl methyl sites for hydroxylation is 2. The molecule has 1 amide bonds. The molecule has 27 heavy (non-hydrogen) atoms. The molecular weight excluding hydrogens is 338 g/mol. The normalized spacial score (nSPS) is 14.0. The van der Waals surface area contributed by atoms with Crippen molar-refractivity contribution >= 4 is 22.8 Å². The van der Waals surface area contributed by atoms with E-state index in [1.165, 1.54) is 12.8 Å². The van der Waals surface area contributed by atoms with Gasteiger partial charge in [0.1, 0.15) is 11.6 Å². The Balaban J connectivity index is 1.32. The van der Waals surface area contributed by atoms with Crippen LogP contribution in [0.5, 0.6) is 0 Å². The maximum atomic E-state index is 12.3.